The average molecular weight is 200 g/mol. The normalized spacial score (nSPS) is 13.2. The van der Waals surface area contributed by atoms with Crippen LogP contribution in [0.1, 0.15) is 18.4 Å². The SMILES string of the molecule is Cc1ocnc1CSCC(C)CN. The summed E-state index contributed by atoms with van der Waals surface area (Å²) < 4.78 is 5.10. The van der Waals surface area contributed by atoms with E-state index < -0.39 is 0 Å². The van der Waals surface area contributed by atoms with Gasteiger partial charge in [0.25, 0.3) is 0 Å². The van der Waals surface area contributed by atoms with E-state index in [1.807, 2.05) is 18.7 Å². The Hall–Kier alpha value is -0.480. The Balaban J connectivity index is 2.24. The van der Waals surface area contributed by atoms with E-state index in [1.54, 1.807) is 0 Å². The van der Waals surface area contributed by atoms with Crippen molar-refractivity contribution < 1.29 is 4.42 Å². The maximum atomic E-state index is 5.51. The molecule has 0 aliphatic rings. The van der Waals surface area contributed by atoms with Crippen molar-refractivity contribution in [2.75, 3.05) is 12.3 Å². The molecule has 1 heterocycles. The van der Waals surface area contributed by atoms with Crippen LogP contribution in [0, 0.1) is 12.8 Å². The van der Waals surface area contributed by atoms with Crippen molar-refractivity contribution in [3.8, 4) is 0 Å². The fourth-order valence-electron chi connectivity index (χ4n) is 0.892. The summed E-state index contributed by atoms with van der Waals surface area (Å²) in [5.41, 5.74) is 6.56. The lowest BCUT2D eigenvalue weighted by molar-refractivity contribution is 0.525. The summed E-state index contributed by atoms with van der Waals surface area (Å²) in [4.78, 5) is 4.12. The molecule has 4 heteroatoms. The van der Waals surface area contributed by atoms with Crippen LogP contribution in [0.4, 0.5) is 0 Å². The summed E-state index contributed by atoms with van der Waals surface area (Å²) >= 11 is 1.86. The van der Waals surface area contributed by atoms with Crippen LogP contribution in [0.3, 0.4) is 0 Å². The number of nitrogens with zero attached hydrogens (tertiary/aromatic N) is 1. The smallest absolute Gasteiger partial charge is 0.181 e. The van der Waals surface area contributed by atoms with Gasteiger partial charge in [-0.15, -0.1) is 0 Å². The van der Waals surface area contributed by atoms with Crippen LogP contribution in [0.2, 0.25) is 0 Å². The van der Waals surface area contributed by atoms with Gasteiger partial charge in [0.15, 0.2) is 6.39 Å². The fourth-order valence-corrected chi connectivity index (χ4v) is 2.02. The topological polar surface area (TPSA) is 52.0 Å². The van der Waals surface area contributed by atoms with Gasteiger partial charge < -0.3 is 10.2 Å². The predicted molar refractivity (Wildman–Crippen MR) is 55.6 cm³/mol. The lowest BCUT2D eigenvalue weighted by Crippen LogP contribution is -2.12. The Kier molecular flexibility index (Phi) is 4.32. The highest BCUT2D eigenvalue weighted by molar-refractivity contribution is 7.98. The summed E-state index contributed by atoms with van der Waals surface area (Å²) in [5, 5.41) is 0. The highest BCUT2D eigenvalue weighted by Crippen LogP contribution is 2.16. The second kappa shape index (κ2) is 5.29. The van der Waals surface area contributed by atoms with Gasteiger partial charge >= 0.3 is 0 Å². The lowest BCUT2D eigenvalue weighted by atomic mass is 10.2. The van der Waals surface area contributed by atoms with Gasteiger partial charge in [-0.25, -0.2) is 4.98 Å². The van der Waals surface area contributed by atoms with Gasteiger partial charge in [0.1, 0.15) is 5.76 Å². The second-order valence-electron chi connectivity index (χ2n) is 3.21. The van der Waals surface area contributed by atoms with E-state index in [1.165, 1.54) is 6.39 Å². The Labute approximate surface area is 83.1 Å². The molecule has 0 aromatic carbocycles. The summed E-state index contributed by atoms with van der Waals surface area (Å²) in [6.07, 6.45) is 1.50. The number of nitrogens with two attached hydrogens (primary N) is 1. The second-order valence-corrected chi connectivity index (χ2v) is 4.24. The van der Waals surface area contributed by atoms with Crippen LogP contribution in [0.15, 0.2) is 10.8 Å². The third-order valence-electron chi connectivity index (χ3n) is 1.89. The van der Waals surface area contributed by atoms with Crippen molar-refractivity contribution in [2.45, 2.75) is 19.6 Å². The van der Waals surface area contributed by atoms with Gasteiger partial charge in [0.05, 0.1) is 5.69 Å². The quantitative estimate of drug-likeness (QED) is 0.787. The molecule has 1 rings (SSSR count). The zero-order valence-electron chi connectivity index (χ0n) is 8.12. The molecule has 0 aliphatic heterocycles. The largest absolute Gasteiger partial charge is 0.448 e. The summed E-state index contributed by atoms with van der Waals surface area (Å²) in [5.74, 6) is 3.51. The number of aryl methyl sites for hydroxylation is 1. The molecule has 0 radical (unpaired) electrons. The molecule has 1 aromatic heterocycles. The van der Waals surface area contributed by atoms with Crippen LogP contribution in [-0.2, 0) is 5.75 Å². The van der Waals surface area contributed by atoms with Crippen molar-refractivity contribution >= 4 is 11.8 Å². The van der Waals surface area contributed by atoms with Gasteiger partial charge in [-0.05, 0) is 25.1 Å². The number of hydrogen-bond donors (Lipinski definition) is 1. The van der Waals surface area contributed by atoms with Crippen LogP contribution >= 0.6 is 11.8 Å². The van der Waals surface area contributed by atoms with E-state index in [0.717, 1.165) is 29.5 Å². The molecule has 74 valence electrons. The van der Waals surface area contributed by atoms with E-state index in [4.69, 9.17) is 10.2 Å². The Morgan fingerprint density at radius 1 is 1.69 bits per heavy atom. The maximum absolute atomic E-state index is 5.51. The van der Waals surface area contributed by atoms with Crippen LogP contribution < -0.4 is 5.73 Å². The summed E-state index contributed by atoms with van der Waals surface area (Å²) in [6.45, 7) is 4.85. The zero-order valence-corrected chi connectivity index (χ0v) is 8.93. The lowest BCUT2D eigenvalue weighted by Gasteiger charge is -2.06. The first-order chi connectivity index (χ1) is 6.24. The van der Waals surface area contributed by atoms with Gasteiger partial charge in [-0.2, -0.15) is 11.8 Å². The Morgan fingerprint density at radius 3 is 3.00 bits per heavy atom. The van der Waals surface area contributed by atoms with Gasteiger partial charge in [0.2, 0.25) is 0 Å². The van der Waals surface area contributed by atoms with Gasteiger partial charge in [-0.3, -0.25) is 0 Å². The molecule has 13 heavy (non-hydrogen) atoms. The number of oxazole rings is 1. The molecule has 0 saturated heterocycles. The molecule has 0 fully saturated rings. The highest BCUT2D eigenvalue weighted by Gasteiger charge is 2.04. The molecular formula is C9H16N2OS. The third kappa shape index (κ3) is 3.40. The Bertz CT molecular complexity index is 250. The zero-order chi connectivity index (χ0) is 9.68. The summed E-state index contributed by atoms with van der Waals surface area (Å²) in [7, 11) is 0. The van der Waals surface area contributed by atoms with Gasteiger partial charge in [-0.1, -0.05) is 6.92 Å². The van der Waals surface area contributed by atoms with E-state index in [-0.39, 0.29) is 0 Å². The van der Waals surface area contributed by atoms with E-state index in [2.05, 4.69) is 11.9 Å². The van der Waals surface area contributed by atoms with Crippen molar-refractivity contribution in [3.05, 3.63) is 17.8 Å². The molecule has 1 unspecified atom stereocenters. The van der Waals surface area contributed by atoms with Crippen molar-refractivity contribution in [3.63, 3.8) is 0 Å². The molecule has 0 bridgehead atoms. The molecule has 1 atom stereocenters. The van der Waals surface area contributed by atoms with Crippen molar-refractivity contribution in [2.24, 2.45) is 11.7 Å². The number of rotatable bonds is 5. The third-order valence-corrected chi connectivity index (χ3v) is 3.17. The molecule has 2 N–H and O–H groups in total. The number of thioether (sulfide) groups is 1. The molecule has 0 aliphatic carbocycles. The fraction of sp³-hybridized carbons (Fsp3) is 0.667. The maximum Gasteiger partial charge on any atom is 0.181 e. The van der Waals surface area contributed by atoms with Crippen LogP contribution in [-0.4, -0.2) is 17.3 Å². The minimum absolute atomic E-state index is 0.581. The van der Waals surface area contributed by atoms with Crippen molar-refractivity contribution in [1.29, 1.82) is 0 Å². The average Bonchev–Trinajstić information content (AvgIpc) is 2.52. The summed E-state index contributed by atoms with van der Waals surface area (Å²) in [6, 6.07) is 0. The van der Waals surface area contributed by atoms with E-state index in [9.17, 15) is 0 Å². The monoisotopic (exact) mass is 200 g/mol. The minimum atomic E-state index is 0.581. The molecule has 0 spiro atoms. The molecule has 3 nitrogen and oxygen atoms in total. The highest BCUT2D eigenvalue weighted by atomic mass is 32.2. The molecule has 1 aromatic rings. The van der Waals surface area contributed by atoms with Crippen molar-refractivity contribution in [1.82, 2.24) is 4.98 Å². The minimum Gasteiger partial charge on any atom is -0.448 e. The first-order valence-corrected chi connectivity index (χ1v) is 5.56. The van der Waals surface area contributed by atoms with E-state index >= 15 is 0 Å². The molecular weight excluding hydrogens is 184 g/mol. The molecule has 0 saturated carbocycles. The predicted octanol–water partition coefficient (Wildman–Crippen LogP) is 1.81. The molecule has 0 amide bonds. The number of hydrogen-bond acceptors (Lipinski definition) is 4. The standard InChI is InChI=1S/C9H16N2OS/c1-7(3-10)4-13-5-9-8(2)12-6-11-9/h6-7H,3-5,10H2,1-2H3. The van der Waals surface area contributed by atoms with Gasteiger partial charge in [0, 0.05) is 5.75 Å². The first-order valence-electron chi connectivity index (χ1n) is 4.40. The van der Waals surface area contributed by atoms with Crippen LogP contribution in [0.5, 0.6) is 0 Å². The first kappa shape index (κ1) is 10.6. The van der Waals surface area contributed by atoms with Crippen LogP contribution in [0.25, 0.3) is 0 Å². The van der Waals surface area contributed by atoms with E-state index in [0.29, 0.717) is 5.92 Å². The Morgan fingerprint density at radius 2 is 2.46 bits per heavy atom. The number of aromatic nitrogens is 1.